The molecular formula is C11H19NO4. The number of hydrogen-bond donors (Lipinski definition) is 2. The lowest BCUT2D eigenvalue weighted by Crippen LogP contribution is -2.55. The van der Waals surface area contributed by atoms with Gasteiger partial charge in [0.1, 0.15) is 6.61 Å². The second kappa shape index (κ2) is 5.30. The summed E-state index contributed by atoms with van der Waals surface area (Å²) in [5.74, 6) is -1.10. The number of nitrogens with one attached hydrogen (secondary N) is 1. The molecule has 0 aromatic rings. The molecular weight excluding hydrogens is 210 g/mol. The summed E-state index contributed by atoms with van der Waals surface area (Å²) in [5.41, 5.74) is -0.525. The fourth-order valence-electron chi connectivity index (χ4n) is 1.81. The molecule has 0 aromatic carbocycles. The van der Waals surface area contributed by atoms with Crippen LogP contribution in [-0.4, -0.2) is 35.2 Å². The SMILES string of the molecule is CC(C)OCC(=O)NC1(CC(=O)O)CCC1. The van der Waals surface area contributed by atoms with Crippen LogP contribution >= 0.6 is 0 Å². The van der Waals surface area contributed by atoms with Gasteiger partial charge in [0.2, 0.25) is 5.91 Å². The van der Waals surface area contributed by atoms with Crippen LogP contribution in [0.1, 0.15) is 39.5 Å². The summed E-state index contributed by atoms with van der Waals surface area (Å²) in [5, 5.41) is 11.5. The topological polar surface area (TPSA) is 75.6 Å². The molecule has 1 amide bonds. The predicted octanol–water partition coefficient (Wildman–Crippen LogP) is 0.925. The number of amides is 1. The monoisotopic (exact) mass is 229 g/mol. The highest BCUT2D eigenvalue weighted by atomic mass is 16.5. The van der Waals surface area contributed by atoms with Crippen LogP contribution < -0.4 is 5.32 Å². The molecule has 1 aliphatic rings. The Balaban J connectivity index is 2.38. The Hall–Kier alpha value is -1.10. The number of carbonyl (C=O) groups is 2. The van der Waals surface area contributed by atoms with E-state index < -0.39 is 11.5 Å². The molecule has 0 bridgehead atoms. The molecule has 1 rings (SSSR count). The van der Waals surface area contributed by atoms with Gasteiger partial charge >= 0.3 is 5.97 Å². The molecule has 0 atom stereocenters. The van der Waals surface area contributed by atoms with E-state index in [9.17, 15) is 9.59 Å². The second-order valence-electron chi connectivity index (χ2n) is 4.61. The third-order valence-corrected chi connectivity index (χ3v) is 2.75. The Kier molecular flexibility index (Phi) is 4.29. The zero-order valence-electron chi connectivity index (χ0n) is 9.78. The maximum absolute atomic E-state index is 11.5. The predicted molar refractivity (Wildman–Crippen MR) is 58.1 cm³/mol. The minimum atomic E-state index is -0.871. The first-order valence-corrected chi connectivity index (χ1v) is 5.58. The number of rotatable bonds is 6. The van der Waals surface area contributed by atoms with Crippen molar-refractivity contribution in [3.05, 3.63) is 0 Å². The maximum Gasteiger partial charge on any atom is 0.305 e. The molecule has 0 radical (unpaired) electrons. The lowest BCUT2D eigenvalue weighted by molar-refractivity contribution is -0.141. The standard InChI is InChI=1S/C11H19NO4/c1-8(2)16-7-9(13)12-11(4-3-5-11)6-10(14)15/h8H,3-7H2,1-2H3,(H,12,13)(H,14,15). The van der Waals surface area contributed by atoms with Gasteiger partial charge in [-0.15, -0.1) is 0 Å². The largest absolute Gasteiger partial charge is 0.481 e. The molecule has 16 heavy (non-hydrogen) atoms. The minimum absolute atomic E-state index is 0.000415. The molecule has 5 heteroatoms. The van der Waals surface area contributed by atoms with Crippen LogP contribution in [0.4, 0.5) is 0 Å². The third kappa shape index (κ3) is 3.81. The number of carbonyl (C=O) groups excluding carboxylic acids is 1. The summed E-state index contributed by atoms with van der Waals surface area (Å²) < 4.78 is 5.16. The smallest absolute Gasteiger partial charge is 0.305 e. The van der Waals surface area contributed by atoms with Gasteiger partial charge in [-0.1, -0.05) is 0 Å². The molecule has 2 N–H and O–H groups in total. The molecule has 0 saturated heterocycles. The lowest BCUT2D eigenvalue weighted by Gasteiger charge is -2.41. The third-order valence-electron chi connectivity index (χ3n) is 2.75. The van der Waals surface area contributed by atoms with E-state index in [2.05, 4.69) is 5.32 Å². The number of carboxylic acids is 1. The summed E-state index contributed by atoms with van der Waals surface area (Å²) in [6.07, 6.45) is 2.46. The number of ether oxygens (including phenoxy) is 1. The van der Waals surface area contributed by atoms with Gasteiger partial charge in [0.25, 0.3) is 0 Å². The van der Waals surface area contributed by atoms with Gasteiger partial charge in [0.15, 0.2) is 0 Å². The zero-order chi connectivity index (χ0) is 12.2. The molecule has 1 saturated carbocycles. The van der Waals surface area contributed by atoms with Gasteiger partial charge in [0.05, 0.1) is 18.1 Å². The maximum atomic E-state index is 11.5. The Labute approximate surface area is 95.2 Å². The normalized spacial score (nSPS) is 17.9. The van der Waals surface area contributed by atoms with Crippen LogP contribution in [0.3, 0.4) is 0 Å². The van der Waals surface area contributed by atoms with E-state index in [0.29, 0.717) is 0 Å². The number of hydrogen-bond acceptors (Lipinski definition) is 3. The minimum Gasteiger partial charge on any atom is -0.481 e. The fourth-order valence-corrected chi connectivity index (χ4v) is 1.81. The highest BCUT2D eigenvalue weighted by molar-refractivity contribution is 5.79. The van der Waals surface area contributed by atoms with E-state index in [4.69, 9.17) is 9.84 Å². The molecule has 0 spiro atoms. The molecule has 1 fully saturated rings. The zero-order valence-corrected chi connectivity index (χ0v) is 9.78. The Bertz CT molecular complexity index is 271. The summed E-state index contributed by atoms with van der Waals surface area (Å²) in [6.45, 7) is 3.70. The first-order valence-electron chi connectivity index (χ1n) is 5.58. The quantitative estimate of drug-likeness (QED) is 0.710. The van der Waals surface area contributed by atoms with Crippen molar-refractivity contribution in [3.8, 4) is 0 Å². The summed E-state index contributed by atoms with van der Waals surface area (Å²) in [4.78, 5) is 22.2. The van der Waals surface area contributed by atoms with Crippen molar-refractivity contribution >= 4 is 11.9 Å². The van der Waals surface area contributed by atoms with Crippen molar-refractivity contribution in [1.82, 2.24) is 5.32 Å². The Morgan fingerprint density at radius 3 is 2.44 bits per heavy atom. The van der Waals surface area contributed by atoms with Gasteiger partial charge in [-0.05, 0) is 33.1 Å². The molecule has 0 unspecified atom stereocenters. The number of aliphatic carboxylic acids is 1. The van der Waals surface area contributed by atoms with E-state index in [1.54, 1.807) is 0 Å². The Morgan fingerprint density at radius 1 is 1.44 bits per heavy atom. The van der Waals surface area contributed by atoms with Crippen molar-refractivity contribution < 1.29 is 19.4 Å². The van der Waals surface area contributed by atoms with E-state index in [0.717, 1.165) is 19.3 Å². The molecule has 5 nitrogen and oxygen atoms in total. The molecule has 1 aliphatic carbocycles. The van der Waals surface area contributed by atoms with Crippen molar-refractivity contribution in [3.63, 3.8) is 0 Å². The van der Waals surface area contributed by atoms with E-state index in [-0.39, 0.29) is 25.0 Å². The fraction of sp³-hybridized carbons (Fsp3) is 0.818. The van der Waals surface area contributed by atoms with Gasteiger partial charge in [-0.3, -0.25) is 9.59 Å². The van der Waals surface area contributed by atoms with Crippen LogP contribution in [0.2, 0.25) is 0 Å². The summed E-state index contributed by atoms with van der Waals surface area (Å²) in [7, 11) is 0. The average molecular weight is 229 g/mol. The van der Waals surface area contributed by atoms with E-state index in [1.807, 2.05) is 13.8 Å². The van der Waals surface area contributed by atoms with Crippen molar-refractivity contribution in [2.45, 2.75) is 51.2 Å². The van der Waals surface area contributed by atoms with Gasteiger partial charge in [-0.25, -0.2) is 0 Å². The van der Waals surface area contributed by atoms with Gasteiger partial charge < -0.3 is 15.2 Å². The van der Waals surface area contributed by atoms with Crippen LogP contribution in [0, 0.1) is 0 Å². The van der Waals surface area contributed by atoms with Crippen LogP contribution in [-0.2, 0) is 14.3 Å². The summed E-state index contributed by atoms with van der Waals surface area (Å²) >= 11 is 0. The van der Waals surface area contributed by atoms with Crippen molar-refractivity contribution in [2.75, 3.05) is 6.61 Å². The highest BCUT2D eigenvalue weighted by Gasteiger charge is 2.40. The summed E-state index contributed by atoms with van der Waals surface area (Å²) in [6, 6.07) is 0. The first-order chi connectivity index (χ1) is 7.43. The van der Waals surface area contributed by atoms with Gasteiger partial charge in [-0.2, -0.15) is 0 Å². The van der Waals surface area contributed by atoms with E-state index in [1.165, 1.54) is 0 Å². The second-order valence-corrected chi connectivity index (χ2v) is 4.61. The molecule has 0 heterocycles. The first kappa shape index (κ1) is 13.0. The molecule has 0 aromatic heterocycles. The van der Waals surface area contributed by atoms with Crippen LogP contribution in [0.15, 0.2) is 0 Å². The van der Waals surface area contributed by atoms with Crippen LogP contribution in [0.5, 0.6) is 0 Å². The highest BCUT2D eigenvalue weighted by Crippen LogP contribution is 2.34. The van der Waals surface area contributed by atoms with Crippen LogP contribution in [0.25, 0.3) is 0 Å². The van der Waals surface area contributed by atoms with Crippen molar-refractivity contribution in [1.29, 1.82) is 0 Å². The van der Waals surface area contributed by atoms with Crippen molar-refractivity contribution in [2.24, 2.45) is 0 Å². The average Bonchev–Trinajstić information content (AvgIpc) is 2.10. The lowest BCUT2D eigenvalue weighted by atomic mass is 9.74. The van der Waals surface area contributed by atoms with Gasteiger partial charge in [0, 0.05) is 0 Å². The Morgan fingerprint density at radius 2 is 2.06 bits per heavy atom. The van der Waals surface area contributed by atoms with E-state index >= 15 is 0 Å². The number of carboxylic acid groups (broad SMARTS) is 1. The molecule has 92 valence electrons. The molecule has 0 aliphatic heterocycles.